The fourth-order valence-electron chi connectivity index (χ4n) is 3.59. The minimum absolute atomic E-state index is 0.00193. The van der Waals surface area contributed by atoms with Crippen molar-refractivity contribution in [1.29, 1.82) is 0 Å². The third-order valence-corrected chi connectivity index (χ3v) is 5.17. The monoisotopic (exact) mass is 417 g/mol. The summed E-state index contributed by atoms with van der Waals surface area (Å²) in [6, 6.07) is 5.94. The zero-order valence-corrected chi connectivity index (χ0v) is 16.7. The van der Waals surface area contributed by atoms with Gasteiger partial charge in [0.05, 0.1) is 41.4 Å². The maximum atomic E-state index is 14.4. The number of hydrogen-bond donors (Lipinski definition) is 1. The summed E-state index contributed by atoms with van der Waals surface area (Å²) in [5, 5.41) is 12.1. The summed E-state index contributed by atoms with van der Waals surface area (Å²) in [6.45, 7) is 5.97. The molecule has 1 unspecified atom stereocenters. The van der Waals surface area contributed by atoms with Crippen molar-refractivity contribution in [3.8, 4) is 0 Å². The number of aromatic nitrogens is 3. The number of nitrogens with zero attached hydrogens (tertiary/aromatic N) is 4. The second-order valence-electron chi connectivity index (χ2n) is 7.33. The highest BCUT2D eigenvalue weighted by molar-refractivity contribution is 5.92. The Hall–Kier alpha value is -2.94. The van der Waals surface area contributed by atoms with Crippen LogP contribution in [0.4, 0.5) is 24.7 Å². The lowest BCUT2D eigenvalue weighted by molar-refractivity contribution is 0.0532. The maximum absolute atomic E-state index is 14.4. The number of rotatable bonds is 5. The molecule has 1 aliphatic rings. The zero-order chi connectivity index (χ0) is 21.3. The Labute approximate surface area is 172 Å². The fourth-order valence-corrected chi connectivity index (χ4v) is 3.59. The van der Waals surface area contributed by atoms with Crippen molar-refractivity contribution in [2.45, 2.75) is 32.9 Å². The molecule has 1 aliphatic heterocycles. The van der Waals surface area contributed by atoms with Crippen LogP contribution in [0.25, 0.3) is 10.9 Å². The summed E-state index contributed by atoms with van der Waals surface area (Å²) in [5.41, 5.74) is 1.80. The van der Waals surface area contributed by atoms with Gasteiger partial charge in [-0.05, 0) is 19.9 Å². The Morgan fingerprint density at radius 3 is 2.90 bits per heavy atom. The van der Waals surface area contributed by atoms with E-state index in [9.17, 15) is 13.2 Å². The van der Waals surface area contributed by atoms with Crippen molar-refractivity contribution in [3.63, 3.8) is 0 Å². The lowest BCUT2D eigenvalue weighted by atomic mass is 10.1. The van der Waals surface area contributed by atoms with Crippen LogP contribution in [-0.4, -0.2) is 41.0 Å². The molecule has 1 saturated heterocycles. The topological polar surface area (TPSA) is 63.2 Å². The van der Waals surface area contributed by atoms with Gasteiger partial charge in [-0.3, -0.25) is 4.98 Å². The molecule has 1 N–H and O–H groups in total. The van der Waals surface area contributed by atoms with Gasteiger partial charge in [0, 0.05) is 30.6 Å². The molecule has 4 rings (SSSR count). The van der Waals surface area contributed by atoms with Crippen molar-refractivity contribution in [3.05, 3.63) is 53.1 Å². The van der Waals surface area contributed by atoms with Crippen LogP contribution < -0.4 is 10.2 Å². The average Bonchev–Trinajstić information content (AvgIpc) is 2.74. The zero-order valence-electron chi connectivity index (χ0n) is 16.7. The summed E-state index contributed by atoms with van der Waals surface area (Å²) >= 11 is 0. The molecule has 2 aromatic heterocycles. The molecule has 0 radical (unpaired) electrons. The number of pyridine rings is 1. The highest BCUT2D eigenvalue weighted by Crippen LogP contribution is 2.28. The van der Waals surface area contributed by atoms with Crippen LogP contribution in [0.3, 0.4) is 0 Å². The van der Waals surface area contributed by atoms with Gasteiger partial charge in [-0.25, -0.2) is 13.2 Å². The van der Waals surface area contributed by atoms with E-state index >= 15 is 0 Å². The number of nitrogens with one attached hydrogen (secondary N) is 1. The second-order valence-corrected chi connectivity index (χ2v) is 7.33. The van der Waals surface area contributed by atoms with Gasteiger partial charge in [0.15, 0.2) is 5.82 Å². The summed E-state index contributed by atoms with van der Waals surface area (Å²) < 4.78 is 45.9. The van der Waals surface area contributed by atoms with Crippen molar-refractivity contribution >= 4 is 22.4 Å². The van der Waals surface area contributed by atoms with Gasteiger partial charge in [-0.15, -0.1) is 5.10 Å². The first kappa shape index (κ1) is 20.3. The molecule has 0 spiro atoms. The average molecular weight is 417 g/mol. The Kier molecular flexibility index (Phi) is 5.72. The van der Waals surface area contributed by atoms with Crippen LogP contribution >= 0.6 is 0 Å². The quantitative estimate of drug-likeness (QED) is 0.670. The predicted octanol–water partition coefficient (Wildman–Crippen LogP) is 4.25. The molecule has 1 aromatic carbocycles. The standard InChI is InChI=1S/C21H22F3N5O/c1-12-11-29(6-7-30-12)15-8-17-19(25-10-15)13(2)27-28-21(17)26-9-14-4-3-5-16(18(14)22)20(23)24/h3-5,8,10,12,20H,6-7,9,11H2,1-2H3,(H,26,28). The minimum atomic E-state index is -2.87. The van der Waals surface area contributed by atoms with Gasteiger partial charge in [-0.2, -0.15) is 5.10 Å². The Bertz CT molecular complexity index is 1060. The number of morpholine rings is 1. The first-order chi connectivity index (χ1) is 14.4. The SMILES string of the molecule is Cc1nnc(NCc2cccc(C(F)F)c2F)c2cc(N3CCOC(C)C3)cnc12. The molecule has 3 aromatic rings. The maximum Gasteiger partial charge on any atom is 0.266 e. The van der Waals surface area contributed by atoms with Crippen LogP contribution in [0, 0.1) is 12.7 Å². The minimum Gasteiger partial charge on any atom is -0.375 e. The number of benzene rings is 1. The van der Waals surface area contributed by atoms with Crippen molar-refractivity contribution in [1.82, 2.24) is 15.2 Å². The Balaban J connectivity index is 1.65. The number of halogens is 3. The molecule has 0 bridgehead atoms. The molecule has 6 nitrogen and oxygen atoms in total. The number of alkyl halides is 2. The smallest absolute Gasteiger partial charge is 0.266 e. The van der Waals surface area contributed by atoms with E-state index in [1.165, 1.54) is 12.1 Å². The number of fused-ring (bicyclic) bond motifs is 1. The van der Waals surface area contributed by atoms with Crippen molar-refractivity contribution < 1.29 is 17.9 Å². The van der Waals surface area contributed by atoms with E-state index in [4.69, 9.17) is 4.74 Å². The third-order valence-electron chi connectivity index (χ3n) is 5.17. The summed E-state index contributed by atoms with van der Waals surface area (Å²) in [6.07, 6.45) is -0.952. The molecule has 158 valence electrons. The number of anilines is 2. The van der Waals surface area contributed by atoms with Crippen molar-refractivity contribution in [2.75, 3.05) is 29.9 Å². The Morgan fingerprint density at radius 1 is 1.30 bits per heavy atom. The molecule has 30 heavy (non-hydrogen) atoms. The molecule has 1 fully saturated rings. The van der Waals surface area contributed by atoms with E-state index in [0.29, 0.717) is 23.6 Å². The normalized spacial score (nSPS) is 17.0. The van der Waals surface area contributed by atoms with E-state index < -0.39 is 17.8 Å². The van der Waals surface area contributed by atoms with Crippen LogP contribution in [0.1, 0.15) is 30.2 Å². The number of aryl methyl sites for hydroxylation is 1. The molecule has 0 amide bonds. The van der Waals surface area contributed by atoms with Gasteiger partial charge in [0.25, 0.3) is 6.43 Å². The van der Waals surface area contributed by atoms with Crippen LogP contribution in [0.5, 0.6) is 0 Å². The lowest BCUT2D eigenvalue weighted by Crippen LogP contribution is -2.41. The van der Waals surface area contributed by atoms with E-state index in [1.54, 1.807) is 6.20 Å². The van der Waals surface area contributed by atoms with Crippen LogP contribution in [-0.2, 0) is 11.3 Å². The van der Waals surface area contributed by atoms with Gasteiger partial charge in [0.1, 0.15) is 5.82 Å². The molecule has 0 aliphatic carbocycles. The van der Waals surface area contributed by atoms with Gasteiger partial charge < -0.3 is 15.0 Å². The van der Waals surface area contributed by atoms with Gasteiger partial charge in [0.2, 0.25) is 0 Å². The summed E-state index contributed by atoms with van der Waals surface area (Å²) in [5.74, 6) is -0.487. The van der Waals surface area contributed by atoms with E-state index in [0.717, 1.165) is 30.2 Å². The molecular formula is C21H22F3N5O. The molecule has 3 heterocycles. The molecule has 9 heteroatoms. The third kappa shape index (κ3) is 4.02. The highest BCUT2D eigenvalue weighted by atomic mass is 19.3. The van der Waals surface area contributed by atoms with Gasteiger partial charge in [-0.1, -0.05) is 18.2 Å². The lowest BCUT2D eigenvalue weighted by Gasteiger charge is -2.32. The molecular weight excluding hydrogens is 395 g/mol. The van der Waals surface area contributed by atoms with Gasteiger partial charge >= 0.3 is 0 Å². The van der Waals surface area contributed by atoms with Crippen LogP contribution in [0.2, 0.25) is 0 Å². The van der Waals surface area contributed by atoms with Crippen LogP contribution in [0.15, 0.2) is 30.5 Å². The van der Waals surface area contributed by atoms with Crippen molar-refractivity contribution in [2.24, 2.45) is 0 Å². The fraction of sp³-hybridized carbons (Fsp3) is 0.381. The summed E-state index contributed by atoms with van der Waals surface area (Å²) in [7, 11) is 0. The second kappa shape index (κ2) is 8.43. The largest absolute Gasteiger partial charge is 0.375 e. The van der Waals surface area contributed by atoms with E-state index in [2.05, 4.69) is 25.4 Å². The number of hydrogen-bond acceptors (Lipinski definition) is 6. The summed E-state index contributed by atoms with van der Waals surface area (Å²) in [4.78, 5) is 6.74. The van der Waals surface area contributed by atoms with E-state index in [-0.39, 0.29) is 18.2 Å². The first-order valence-electron chi connectivity index (χ1n) is 9.73. The first-order valence-corrected chi connectivity index (χ1v) is 9.73. The Morgan fingerprint density at radius 2 is 2.13 bits per heavy atom. The number of ether oxygens (including phenoxy) is 1. The van der Waals surface area contributed by atoms with E-state index in [1.807, 2.05) is 19.9 Å². The molecule has 0 saturated carbocycles. The predicted molar refractivity (Wildman–Crippen MR) is 108 cm³/mol. The highest BCUT2D eigenvalue weighted by Gasteiger charge is 2.20. The molecule has 1 atom stereocenters.